The molecule has 0 N–H and O–H groups in total. The van der Waals surface area contributed by atoms with Crippen LogP contribution < -0.4 is 5.30 Å². The summed E-state index contributed by atoms with van der Waals surface area (Å²) in [5, 5.41) is 1.68. The molecule has 110 valence electrons. The first kappa shape index (κ1) is 15.0. The van der Waals surface area contributed by atoms with Crippen LogP contribution in [-0.2, 0) is 0 Å². The minimum absolute atomic E-state index is 0.0747. The van der Waals surface area contributed by atoms with Gasteiger partial charge in [0, 0.05) is 4.47 Å². The zero-order valence-corrected chi connectivity index (χ0v) is 14.8. The van der Waals surface area contributed by atoms with Crippen LogP contribution in [0.2, 0.25) is 0 Å². The maximum Gasteiger partial charge on any atom is 0.0175 e. The van der Waals surface area contributed by atoms with Gasteiger partial charge >= 0.3 is 0 Å². The number of benzene rings is 1. The average Bonchev–Trinajstić information content (AvgIpc) is 2.52. The van der Waals surface area contributed by atoms with Gasteiger partial charge < -0.3 is 0 Å². The molecule has 0 atom stereocenters. The zero-order valence-electron chi connectivity index (χ0n) is 12.4. The van der Waals surface area contributed by atoms with Crippen LogP contribution in [0.15, 0.2) is 28.7 Å². The second-order valence-electron chi connectivity index (χ2n) is 6.47. The van der Waals surface area contributed by atoms with E-state index in [9.17, 15) is 0 Å². The molecule has 0 spiro atoms. The van der Waals surface area contributed by atoms with E-state index in [1.165, 1.54) is 68.7 Å². The summed E-state index contributed by atoms with van der Waals surface area (Å²) in [6, 6.07) is 9.35. The van der Waals surface area contributed by atoms with E-state index in [1.807, 2.05) is 0 Å². The van der Waals surface area contributed by atoms with Crippen LogP contribution in [0.5, 0.6) is 0 Å². The molecule has 2 saturated carbocycles. The van der Waals surface area contributed by atoms with Crippen LogP contribution in [0.25, 0.3) is 0 Å². The van der Waals surface area contributed by atoms with Crippen LogP contribution in [-0.4, -0.2) is 11.3 Å². The Morgan fingerprint density at radius 2 is 1.15 bits per heavy atom. The molecule has 2 fully saturated rings. The highest BCUT2D eigenvalue weighted by atomic mass is 79.9. The maximum absolute atomic E-state index is 3.59. The predicted octanol–water partition coefficient (Wildman–Crippen LogP) is 6.22. The van der Waals surface area contributed by atoms with Gasteiger partial charge in [0.1, 0.15) is 0 Å². The predicted molar refractivity (Wildman–Crippen MR) is 94.4 cm³/mol. The molecule has 0 amide bonds. The highest BCUT2D eigenvalue weighted by Gasteiger charge is 2.31. The first-order valence-corrected chi connectivity index (χ1v) is 10.7. The lowest BCUT2D eigenvalue weighted by Gasteiger charge is -2.38. The van der Waals surface area contributed by atoms with Gasteiger partial charge in [-0.15, -0.1) is 0 Å². The van der Waals surface area contributed by atoms with Crippen LogP contribution in [0.4, 0.5) is 0 Å². The Labute approximate surface area is 133 Å². The smallest absolute Gasteiger partial charge is 0.0175 e. The summed E-state index contributed by atoms with van der Waals surface area (Å²) in [5.41, 5.74) is 2.03. The Kier molecular flexibility index (Phi) is 5.57. The summed E-state index contributed by atoms with van der Waals surface area (Å²) in [6.45, 7) is 0. The van der Waals surface area contributed by atoms with Crippen molar-refractivity contribution in [1.82, 2.24) is 0 Å². The summed E-state index contributed by atoms with van der Waals surface area (Å²) < 4.78 is 1.23. The topological polar surface area (TPSA) is 0 Å². The van der Waals surface area contributed by atoms with Crippen LogP contribution in [0, 0.1) is 0 Å². The Balaban J connectivity index is 1.83. The molecule has 1 aromatic carbocycles. The fraction of sp³-hybridized carbons (Fsp3) is 0.667. The fourth-order valence-corrected chi connectivity index (χ4v) is 8.09. The van der Waals surface area contributed by atoms with Gasteiger partial charge in [-0.1, -0.05) is 74.5 Å². The van der Waals surface area contributed by atoms with E-state index < -0.39 is 0 Å². The van der Waals surface area contributed by atoms with Crippen molar-refractivity contribution in [3.63, 3.8) is 0 Å². The third kappa shape index (κ3) is 3.66. The molecule has 0 aliphatic heterocycles. The molecule has 0 nitrogen and oxygen atoms in total. The van der Waals surface area contributed by atoms with Gasteiger partial charge in [0.05, 0.1) is 0 Å². The molecule has 0 radical (unpaired) electrons. The van der Waals surface area contributed by atoms with Crippen molar-refractivity contribution in [1.29, 1.82) is 0 Å². The highest BCUT2D eigenvalue weighted by Crippen LogP contribution is 2.54. The number of rotatable bonds is 3. The monoisotopic (exact) mass is 352 g/mol. The molecule has 0 unspecified atom stereocenters. The van der Waals surface area contributed by atoms with Gasteiger partial charge in [-0.05, 0) is 54.4 Å². The lowest BCUT2D eigenvalue weighted by Crippen LogP contribution is -2.26. The number of halogens is 1. The normalized spacial score (nSPS) is 22.3. The SMILES string of the molecule is Brc1ccc(P(C2CCCCC2)C2CCCCC2)cc1. The molecule has 20 heavy (non-hydrogen) atoms. The van der Waals surface area contributed by atoms with E-state index in [-0.39, 0.29) is 7.92 Å². The van der Waals surface area contributed by atoms with Gasteiger partial charge in [-0.25, -0.2) is 0 Å². The second-order valence-corrected chi connectivity index (χ2v) is 10.2. The summed E-state index contributed by atoms with van der Waals surface area (Å²) >= 11 is 3.59. The van der Waals surface area contributed by atoms with Crippen molar-refractivity contribution in [3.8, 4) is 0 Å². The summed E-state index contributed by atoms with van der Waals surface area (Å²) in [4.78, 5) is 0. The van der Waals surface area contributed by atoms with E-state index in [0.717, 1.165) is 11.3 Å². The van der Waals surface area contributed by atoms with Gasteiger partial charge in [-0.3, -0.25) is 0 Å². The average molecular weight is 353 g/mol. The van der Waals surface area contributed by atoms with Gasteiger partial charge in [-0.2, -0.15) is 0 Å². The fourth-order valence-electron chi connectivity index (χ4n) is 4.05. The van der Waals surface area contributed by atoms with Crippen molar-refractivity contribution < 1.29 is 0 Å². The number of hydrogen-bond donors (Lipinski definition) is 0. The molecule has 0 aromatic heterocycles. The third-order valence-corrected chi connectivity index (χ3v) is 9.09. The first-order valence-electron chi connectivity index (χ1n) is 8.38. The van der Waals surface area contributed by atoms with Gasteiger partial charge in [0.25, 0.3) is 0 Å². The molecule has 1 aromatic rings. The Morgan fingerprint density at radius 1 is 0.700 bits per heavy atom. The van der Waals surface area contributed by atoms with Crippen LogP contribution in [0.3, 0.4) is 0 Å². The van der Waals surface area contributed by atoms with Crippen molar-refractivity contribution in [3.05, 3.63) is 28.7 Å². The summed E-state index contributed by atoms with van der Waals surface area (Å²) in [5.74, 6) is 0. The Bertz CT molecular complexity index is 384. The number of hydrogen-bond acceptors (Lipinski definition) is 0. The molecular formula is C18H26BrP. The molecule has 2 aliphatic carbocycles. The van der Waals surface area contributed by atoms with Gasteiger partial charge in [0.15, 0.2) is 0 Å². The maximum atomic E-state index is 3.59. The zero-order chi connectivity index (χ0) is 13.8. The molecule has 0 heterocycles. The summed E-state index contributed by atoms with van der Waals surface area (Å²) in [6.07, 6.45) is 14.9. The molecule has 2 aliphatic rings. The Hall–Kier alpha value is 0.130. The quantitative estimate of drug-likeness (QED) is 0.566. The molecule has 0 bridgehead atoms. The van der Waals surface area contributed by atoms with Crippen molar-refractivity contribution in [2.45, 2.75) is 75.5 Å². The van der Waals surface area contributed by atoms with Crippen molar-refractivity contribution in [2.24, 2.45) is 0 Å². The molecule has 2 heteroatoms. The lowest BCUT2D eigenvalue weighted by atomic mass is 9.99. The lowest BCUT2D eigenvalue weighted by molar-refractivity contribution is 0.487. The van der Waals surface area contributed by atoms with E-state index in [1.54, 1.807) is 5.30 Å². The minimum atomic E-state index is 0.0747. The van der Waals surface area contributed by atoms with E-state index in [0.29, 0.717) is 0 Å². The third-order valence-electron chi connectivity index (χ3n) is 5.06. The Morgan fingerprint density at radius 3 is 1.60 bits per heavy atom. The van der Waals surface area contributed by atoms with Crippen molar-refractivity contribution >= 4 is 29.2 Å². The van der Waals surface area contributed by atoms with Crippen LogP contribution in [0.1, 0.15) is 64.2 Å². The minimum Gasteiger partial charge on any atom is -0.0690 e. The van der Waals surface area contributed by atoms with Crippen LogP contribution >= 0.6 is 23.9 Å². The first-order chi connectivity index (χ1) is 9.84. The van der Waals surface area contributed by atoms with Gasteiger partial charge in [0.2, 0.25) is 0 Å². The molecule has 0 saturated heterocycles. The highest BCUT2D eigenvalue weighted by molar-refractivity contribution is 9.10. The summed E-state index contributed by atoms with van der Waals surface area (Å²) in [7, 11) is 0.0747. The molecule has 3 rings (SSSR count). The van der Waals surface area contributed by atoms with E-state index in [2.05, 4.69) is 40.2 Å². The van der Waals surface area contributed by atoms with E-state index in [4.69, 9.17) is 0 Å². The largest absolute Gasteiger partial charge is 0.0690 e. The second kappa shape index (κ2) is 7.41. The molecular weight excluding hydrogens is 327 g/mol. The van der Waals surface area contributed by atoms with Crippen molar-refractivity contribution in [2.75, 3.05) is 0 Å². The van der Waals surface area contributed by atoms with E-state index >= 15 is 0 Å². The standard InChI is InChI=1S/C18H26BrP/c19-15-11-13-18(14-12-15)20(16-7-3-1-4-8-16)17-9-5-2-6-10-17/h11-14,16-17H,1-10H2.